The molecular formula is C32H23NOS. The molecule has 0 radical (unpaired) electrons. The topological polar surface area (TPSA) is 25.0 Å². The Bertz CT molecular complexity index is 1820. The van der Waals surface area contributed by atoms with Crippen molar-refractivity contribution in [1.82, 2.24) is 4.98 Å². The molecule has 35 heavy (non-hydrogen) atoms. The van der Waals surface area contributed by atoms with Crippen molar-refractivity contribution < 1.29 is 4.74 Å². The van der Waals surface area contributed by atoms with Gasteiger partial charge in [0, 0.05) is 36.8 Å². The van der Waals surface area contributed by atoms with Crippen molar-refractivity contribution in [2.75, 3.05) is 0 Å². The maximum atomic E-state index is 6.57. The molecule has 1 N–H and O–H groups in total. The summed E-state index contributed by atoms with van der Waals surface area (Å²) in [6.45, 7) is 4.43. The fourth-order valence-corrected chi connectivity index (χ4v) is 6.81. The Morgan fingerprint density at radius 2 is 1.94 bits per heavy atom. The Balaban J connectivity index is 1.56. The first kappa shape index (κ1) is 20.4. The number of thiophene rings is 1. The Labute approximate surface area is 208 Å². The summed E-state index contributed by atoms with van der Waals surface area (Å²) in [5, 5.41) is 3.80. The van der Waals surface area contributed by atoms with E-state index in [0.29, 0.717) is 0 Å². The molecule has 2 aliphatic rings. The van der Waals surface area contributed by atoms with Crippen LogP contribution >= 0.6 is 11.3 Å². The van der Waals surface area contributed by atoms with Gasteiger partial charge in [-0.15, -0.1) is 17.8 Å². The molecule has 0 bridgehead atoms. The molecule has 1 aliphatic carbocycles. The Kier molecular flexibility index (Phi) is 4.22. The number of hydrogen-bond acceptors (Lipinski definition) is 2. The van der Waals surface area contributed by atoms with Gasteiger partial charge in [-0.2, -0.15) is 0 Å². The highest BCUT2D eigenvalue weighted by Gasteiger charge is 2.45. The van der Waals surface area contributed by atoms with Crippen LogP contribution in [0.1, 0.15) is 23.7 Å². The molecule has 5 aromatic rings. The van der Waals surface area contributed by atoms with Crippen LogP contribution < -0.4 is 4.74 Å². The molecule has 0 fully saturated rings. The number of nitrogens with one attached hydrogen (secondary N) is 1. The summed E-state index contributed by atoms with van der Waals surface area (Å²) in [5.74, 6) is 3.56. The van der Waals surface area contributed by atoms with E-state index >= 15 is 0 Å². The lowest BCUT2D eigenvalue weighted by Crippen LogP contribution is -2.32. The average Bonchev–Trinajstić information content (AvgIpc) is 3.51. The fraction of sp³-hybridized carbons (Fsp3) is 0.125. The van der Waals surface area contributed by atoms with Gasteiger partial charge in [-0.25, -0.2) is 0 Å². The summed E-state index contributed by atoms with van der Waals surface area (Å²) >= 11 is 1.85. The molecule has 0 amide bonds. The maximum absolute atomic E-state index is 6.57. The van der Waals surface area contributed by atoms with Crippen LogP contribution in [0.4, 0.5) is 0 Å². The van der Waals surface area contributed by atoms with E-state index in [1.54, 1.807) is 6.08 Å². The molecule has 168 valence electrons. The maximum Gasteiger partial charge on any atom is 0.148 e. The van der Waals surface area contributed by atoms with Crippen molar-refractivity contribution in [3.05, 3.63) is 95.7 Å². The van der Waals surface area contributed by atoms with Crippen LogP contribution in [-0.4, -0.2) is 11.1 Å². The van der Waals surface area contributed by atoms with Crippen LogP contribution in [0.15, 0.2) is 78.9 Å². The number of aromatic nitrogens is 1. The molecule has 3 heteroatoms. The van der Waals surface area contributed by atoms with Gasteiger partial charge in [0.25, 0.3) is 0 Å². The van der Waals surface area contributed by atoms with Crippen LogP contribution in [0.25, 0.3) is 48.3 Å². The number of rotatable bonds is 2. The lowest BCUT2D eigenvalue weighted by atomic mass is 9.75. The van der Waals surface area contributed by atoms with Crippen molar-refractivity contribution in [1.29, 1.82) is 0 Å². The lowest BCUT2D eigenvalue weighted by molar-refractivity contribution is 0.229. The molecule has 0 spiro atoms. The molecule has 2 aromatic heterocycles. The summed E-state index contributed by atoms with van der Waals surface area (Å²) < 4.78 is 9.21. The third kappa shape index (κ3) is 2.78. The van der Waals surface area contributed by atoms with Crippen LogP contribution in [0.3, 0.4) is 0 Å². The standard InChI is InChI=1S/C32H23NOS/c1-4-5-11-25-19(2)29-22(20-14-15-27-23(17-20)21-10-6-7-12-26(21)35-27)18-24-31(30(29)33-25)34-28-13-8-9-16-32(24,28)3/h1,5-18,28,33H,2-3H3/b11-5-. The molecule has 0 saturated carbocycles. The first-order valence-corrected chi connectivity index (χ1v) is 12.7. The predicted octanol–water partition coefficient (Wildman–Crippen LogP) is 8.30. The van der Waals surface area contributed by atoms with Gasteiger partial charge in [0.15, 0.2) is 0 Å². The summed E-state index contributed by atoms with van der Waals surface area (Å²) in [6, 6.07) is 17.9. The average molecular weight is 470 g/mol. The molecule has 3 aromatic carbocycles. The van der Waals surface area contributed by atoms with Crippen LogP contribution in [0, 0.1) is 19.3 Å². The molecular weight excluding hydrogens is 446 g/mol. The molecule has 2 unspecified atom stereocenters. The predicted molar refractivity (Wildman–Crippen MR) is 149 cm³/mol. The number of ether oxygens (including phenoxy) is 1. The quantitative estimate of drug-likeness (QED) is 0.258. The monoisotopic (exact) mass is 469 g/mol. The zero-order chi connectivity index (χ0) is 23.7. The summed E-state index contributed by atoms with van der Waals surface area (Å²) in [4.78, 5) is 3.64. The van der Waals surface area contributed by atoms with E-state index < -0.39 is 0 Å². The van der Waals surface area contributed by atoms with Crippen molar-refractivity contribution in [2.45, 2.75) is 25.4 Å². The minimum Gasteiger partial charge on any atom is -0.483 e. The second-order valence-corrected chi connectivity index (χ2v) is 10.7. The van der Waals surface area contributed by atoms with E-state index in [9.17, 15) is 0 Å². The zero-order valence-corrected chi connectivity index (χ0v) is 20.4. The smallest absolute Gasteiger partial charge is 0.148 e. The first-order chi connectivity index (χ1) is 17.1. The number of allylic oxidation sites excluding steroid dienone is 3. The second kappa shape index (κ2) is 7.25. The first-order valence-electron chi connectivity index (χ1n) is 11.9. The van der Waals surface area contributed by atoms with Crippen LogP contribution in [-0.2, 0) is 5.41 Å². The number of fused-ring (bicyclic) bond motifs is 8. The number of hydrogen-bond donors (Lipinski definition) is 1. The highest BCUT2D eigenvalue weighted by atomic mass is 32.1. The van der Waals surface area contributed by atoms with Gasteiger partial charge in [-0.05, 0) is 73.0 Å². The number of terminal acetylenes is 1. The Morgan fingerprint density at radius 1 is 1.09 bits per heavy atom. The van der Waals surface area contributed by atoms with Gasteiger partial charge in [-0.3, -0.25) is 0 Å². The minimum absolute atomic E-state index is 0.0162. The van der Waals surface area contributed by atoms with E-state index in [1.807, 2.05) is 17.4 Å². The largest absolute Gasteiger partial charge is 0.483 e. The second-order valence-electron chi connectivity index (χ2n) is 9.59. The normalized spacial score (nSPS) is 20.5. The molecule has 1 aliphatic heterocycles. The van der Waals surface area contributed by atoms with Gasteiger partial charge in [0.2, 0.25) is 0 Å². The molecule has 7 rings (SSSR count). The summed E-state index contributed by atoms with van der Waals surface area (Å²) in [7, 11) is 0. The Hall–Kier alpha value is -4.00. The number of benzene rings is 3. The van der Waals surface area contributed by atoms with E-state index in [1.165, 1.54) is 47.8 Å². The van der Waals surface area contributed by atoms with Gasteiger partial charge < -0.3 is 9.72 Å². The van der Waals surface area contributed by atoms with Crippen molar-refractivity contribution in [3.63, 3.8) is 0 Å². The van der Waals surface area contributed by atoms with Crippen LogP contribution in [0.2, 0.25) is 0 Å². The fourth-order valence-electron chi connectivity index (χ4n) is 5.73. The third-order valence-corrected chi connectivity index (χ3v) is 8.76. The zero-order valence-electron chi connectivity index (χ0n) is 19.6. The summed E-state index contributed by atoms with van der Waals surface area (Å²) in [5.41, 5.74) is 6.68. The highest BCUT2D eigenvalue weighted by molar-refractivity contribution is 7.25. The van der Waals surface area contributed by atoms with E-state index in [-0.39, 0.29) is 11.5 Å². The molecule has 2 nitrogen and oxygen atoms in total. The van der Waals surface area contributed by atoms with E-state index in [2.05, 4.69) is 97.6 Å². The van der Waals surface area contributed by atoms with Gasteiger partial charge in [-0.1, -0.05) is 48.4 Å². The summed E-state index contributed by atoms with van der Waals surface area (Å²) in [6.07, 6.45) is 17.9. The third-order valence-electron chi connectivity index (χ3n) is 7.61. The van der Waals surface area contributed by atoms with E-state index in [4.69, 9.17) is 11.2 Å². The van der Waals surface area contributed by atoms with Gasteiger partial charge >= 0.3 is 0 Å². The minimum atomic E-state index is -0.208. The Morgan fingerprint density at radius 3 is 2.83 bits per heavy atom. The van der Waals surface area contributed by atoms with Crippen molar-refractivity contribution >= 4 is 48.5 Å². The van der Waals surface area contributed by atoms with Gasteiger partial charge in [0.1, 0.15) is 11.9 Å². The van der Waals surface area contributed by atoms with Crippen molar-refractivity contribution in [3.8, 4) is 29.2 Å². The highest BCUT2D eigenvalue weighted by Crippen LogP contribution is 2.52. The van der Waals surface area contributed by atoms with Crippen LogP contribution in [0.5, 0.6) is 5.75 Å². The lowest BCUT2D eigenvalue weighted by Gasteiger charge is -2.27. The van der Waals surface area contributed by atoms with Crippen molar-refractivity contribution in [2.24, 2.45) is 0 Å². The molecule has 0 saturated heterocycles. The molecule has 3 heterocycles. The van der Waals surface area contributed by atoms with Gasteiger partial charge in [0.05, 0.1) is 10.9 Å². The number of aromatic amines is 1. The van der Waals surface area contributed by atoms with E-state index in [0.717, 1.165) is 17.0 Å². The number of aryl methyl sites for hydroxylation is 1. The molecule has 2 atom stereocenters. The SMILES string of the molecule is C#C/C=C\c1[nH]c2c3c(cc(-c4ccc5sc6ccccc6c5c4)c2c1C)C1(C)C=CC=CC1O3. The number of H-pyrrole nitrogens is 1.